The zero-order chi connectivity index (χ0) is 14.4. The number of nitrogens with zero attached hydrogens (tertiary/aromatic N) is 1. The largest absolute Gasteiger partial charge is 0.381 e. The molecule has 0 bridgehead atoms. The van der Waals surface area contributed by atoms with Crippen LogP contribution in [0.5, 0.6) is 0 Å². The lowest BCUT2D eigenvalue weighted by Gasteiger charge is -2.36. The number of ether oxygens (including phenoxy) is 1. The van der Waals surface area contributed by atoms with Crippen molar-refractivity contribution in [3.05, 3.63) is 0 Å². The molecule has 2 rings (SSSR count). The minimum atomic E-state index is 0.522. The highest BCUT2D eigenvalue weighted by molar-refractivity contribution is 4.89. The fourth-order valence-electron chi connectivity index (χ4n) is 3.97. The topological polar surface area (TPSA) is 24.5 Å². The van der Waals surface area contributed by atoms with E-state index in [9.17, 15) is 0 Å². The lowest BCUT2D eigenvalue weighted by Crippen LogP contribution is -2.44. The van der Waals surface area contributed by atoms with E-state index in [1.54, 1.807) is 0 Å². The van der Waals surface area contributed by atoms with Crippen LogP contribution < -0.4 is 5.32 Å². The minimum absolute atomic E-state index is 0.522. The van der Waals surface area contributed by atoms with Crippen LogP contribution in [-0.2, 0) is 4.74 Å². The first-order chi connectivity index (χ1) is 9.60. The molecule has 20 heavy (non-hydrogen) atoms. The fraction of sp³-hybridized carbons (Fsp3) is 1.00. The van der Waals surface area contributed by atoms with Crippen LogP contribution >= 0.6 is 0 Å². The van der Waals surface area contributed by atoms with Crippen molar-refractivity contribution in [3.8, 4) is 0 Å². The molecular formula is C17H34N2O. The predicted octanol–water partition coefficient (Wildman–Crippen LogP) is 2.90. The molecule has 0 amide bonds. The highest BCUT2D eigenvalue weighted by Gasteiger charge is 2.35. The summed E-state index contributed by atoms with van der Waals surface area (Å²) in [5.41, 5.74) is 0.522. The number of hydrogen-bond acceptors (Lipinski definition) is 3. The Bertz CT molecular complexity index is 268. The van der Waals surface area contributed by atoms with Crippen LogP contribution in [0.25, 0.3) is 0 Å². The van der Waals surface area contributed by atoms with E-state index in [0.29, 0.717) is 11.5 Å². The Morgan fingerprint density at radius 2 is 2.00 bits per heavy atom. The Morgan fingerprint density at radius 3 is 2.60 bits per heavy atom. The van der Waals surface area contributed by atoms with Crippen molar-refractivity contribution in [2.75, 3.05) is 39.9 Å². The Kier molecular flexibility index (Phi) is 6.31. The van der Waals surface area contributed by atoms with Crippen LogP contribution in [0.2, 0.25) is 0 Å². The van der Waals surface area contributed by atoms with Gasteiger partial charge < -0.3 is 15.0 Å². The third-order valence-corrected chi connectivity index (χ3v) is 4.98. The summed E-state index contributed by atoms with van der Waals surface area (Å²) in [6.45, 7) is 10.1. The molecule has 0 aromatic rings. The van der Waals surface area contributed by atoms with Crippen LogP contribution in [-0.4, -0.2) is 50.8 Å². The van der Waals surface area contributed by atoms with Crippen LogP contribution in [0.3, 0.4) is 0 Å². The molecule has 0 aromatic carbocycles. The first kappa shape index (κ1) is 16.3. The van der Waals surface area contributed by atoms with Gasteiger partial charge in [0.15, 0.2) is 0 Å². The zero-order valence-corrected chi connectivity index (χ0v) is 13.8. The summed E-state index contributed by atoms with van der Waals surface area (Å²) in [6.07, 6.45) is 8.23. The van der Waals surface area contributed by atoms with Crippen molar-refractivity contribution in [1.29, 1.82) is 0 Å². The smallest absolute Gasteiger partial charge is 0.0506 e. The standard InChI is InChI=1S/C17H34N2O/c1-15(2)18-13-17(8-4-5-9-17)14-19(3)11-16-7-6-10-20-12-16/h15-16,18H,4-14H2,1-3H3. The molecule has 0 radical (unpaired) electrons. The van der Waals surface area contributed by atoms with Crippen molar-refractivity contribution in [2.45, 2.75) is 58.4 Å². The molecule has 2 fully saturated rings. The molecule has 2 aliphatic rings. The lowest BCUT2D eigenvalue weighted by molar-refractivity contribution is 0.0354. The third kappa shape index (κ3) is 5.01. The maximum atomic E-state index is 5.62. The van der Waals surface area contributed by atoms with E-state index in [0.717, 1.165) is 19.1 Å². The Labute approximate surface area is 125 Å². The van der Waals surface area contributed by atoms with Crippen LogP contribution in [0.1, 0.15) is 52.4 Å². The van der Waals surface area contributed by atoms with Gasteiger partial charge in [-0.1, -0.05) is 26.7 Å². The molecule has 0 aromatic heterocycles. The van der Waals surface area contributed by atoms with Crippen molar-refractivity contribution in [3.63, 3.8) is 0 Å². The highest BCUT2D eigenvalue weighted by atomic mass is 16.5. The highest BCUT2D eigenvalue weighted by Crippen LogP contribution is 2.38. The number of nitrogens with one attached hydrogen (secondary N) is 1. The Morgan fingerprint density at radius 1 is 1.25 bits per heavy atom. The second-order valence-electron chi connectivity index (χ2n) is 7.52. The maximum Gasteiger partial charge on any atom is 0.0506 e. The van der Waals surface area contributed by atoms with Crippen LogP contribution in [0.15, 0.2) is 0 Å². The summed E-state index contributed by atoms with van der Waals surface area (Å²) in [5.74, 6) is 0.755. The van der Waals surface area contributed by atoms with Gasteiger partial charge in [-0.05, 0) is 44.1 Å². The average Bonchev–Trinajstić information content (AvgIpc) is 2.86. The molecular weight excluding hydrogens is 248 g/mol. The average molecular weight is 282 g/mol. The molecule has 1 heterocycles. The monoisotopic (exact) mass is 282 g/mol. The van der Waals surface area contributed by atoms with E-state index in [2.05, 4.69) is 31.1 Å². The molecule has 1 saturated carbocycles. The maximum absolute atomic E-state index is 5.62. The quantitative estimate of drug-likeness (QED) is 0.777. The molecule has 1 aliphatic heterocycles. The van der Waals surface area contributed by atoms with Gasteiger partial charge in [-0.25, -0.2) is 0 Å². The molecule has 1 aliphatic carbocycles. The van der Waals surface area contributed by atoms with Gasteiger partial charge in [-0.15, -0.1) is 0 Å². The molecule has 0 spiro atoms. The molecule has 1 unspecified atom stereocenters. The van der Waals surface area contributed by atoms with Gasteiger partial charge in [0.2, 0.25) is 0 Å². The van der Waals surface area contributed by atoms with Crippen molar-refractivity contribution in [2.24, 2.45) is 11.3 Å². The first-order valence-corrected chi connectivity index (χ1v) is 8.59. The van der Waals surface area contributed by atoms with Crippen molar-refractivity contribution < 1.29 is 4.74 Å². The normalized spacial score (nSPS) is 26.6. The van der Waals surface area contributed by atoms with Crippen LogP contribution in [0.4, 0.5) is 0 Å². The van der Waals surface area contributed by atoms with E-state index in [1.165, 1.54) is 58.2 Å². The summed E-state index contributed by atoms with van der Waals surface area (Å²) in [5, 5.41) is 3.69. The van der Waals surface area contributed by atoms with Gasteiger partial charge in [0, 0.05) is 32.3 Å². The molecule has 1 N–H and O–H groups in total. The van der Waals surface area contributed by atoms with Gasteiger partial charge in [0.05, 0.1) is 6.61 Å². The SMILES string of the molecule is CC(C)NCC1(CN(C)CC2CCCOC2)CCCC1. The summed E-state index contributed by atoms with van der Waals surface area (Å²) >= 11 is 0. The molecule has 3 heteroatoms. The Balaban J connectivity index is 1.80. The number of hydrogen-bond donors (Lipinski definition) is 1. The second kappa shape index (κ2) is 7.77. The minimum Gasteiger partial charge on any atom is -0.381 e. The molecule has 3 nitrogen and oxygen atoms in total. The predicted molar refractivity (Wildman–Crippen MR) is 85.1 cm³/mol. The first-order valence-electron chi connectivity index (χ1n) is 8.59. The van der Waals surface area contributed by atoms with Crippen molar-refractivity contribution >= 4 is 0 Å². The van der Waals surface area contributed by atoms with Gasteiger partial charge >= 0.3 is 0 Å². The van der Waals surface area contributed by atoms with E-state index < -0.39 is 0 Å². The van der Waals surface area contributed by atoms with E-state index in [4.69, 9.17) is 4.74 Å². The van der Waals surface area contributed by atoms with Gasteiger partial charge in [-0.3, -0.25) is 0 Å². The fourth-order valence-corrected chi connectivity index (χ4v) is 3.97. The van der Waals surface area contributed by atoms with Gasteiger partial charge in [-0.2, -0.15) is 0 Å². The summed E-state index contributed by atoms with van der Waals surface area (Å²) in [7, 11) is 2.31. The molecule has 118 valence electrons. The van der Waals surface area contributed by atoms with Gasteiger partial charge in [0.25, 0.3) is 0 Å². The number of rotatable bonds is 7. The summed E-state index contributed by atoms with van der Waals surface area (Å²) in [6, 6.07) is 0.601. The lowest BCUT2D eigenvalue weighted by atomic mass is 9.85. The van der Waals surface area contributed by atoms with E-state index in [1.807, 2.05) is 0 Å². The van der Waals surface area contributed by atoms with E-state index in [-0.39, 0.29) is 0 Å². The zero-order valence-electron chi connectivity index (χ0n) is 13.8. The van der Waals surface area contributed by atoms with Crippen LogP contribution in [0, 0.1) is 11.3 Å². The third-order valence-electron chi connectivity index (χ3n) is 4.98. The molecule has 1 saturated heterocycles. The van der Waals surface area contributed by atoms with Crippen molar-refractivity contribution in [1.82, 2.24) is 10.2 Å². The molecule has 1 atom stereocenters. The second-order valence-corrected chi connectivity index (χ2v) is 7.52. The van der Waals surface area contributed by atoms with E-state index >= 15 is 0 Å². The Hall–Kier alpha value is -0.120. The summed E-state index contributed by atoms with van der Waals surface area (Å²) in [4.78, 5) is 2.58. The van der Waals surface area contributed by atoms with Gasteiger partial charge in [0.1, 0.15) is 0 Å². The summed E-state index contributed by atoms with van der Waals surface area (Å²) < 4.78 is 5.62.